The average molecular weight is 410 g/mol. The smallest absolute Gasteiger partial charge is 0.222 e. The van der Waals surface area contributed by atoms with Gasteiger partial charge in [0, 0.05) is 30.5 Å². The number of H-pyrrole nitrogens is 1. The number of carbonyl (C=O) groups is 1. The maximum absolute atomic E-state index is 12.6. The molecule has 1 amide bonds. The Morgan fingerprint density at radius 2 is 1.97 bits per heavy atom. The average Bonchev–Trinajstić information content (AvgIpc) is 3.42. The molecule has 3 aromatic rings. The first-order chi connectivity index (χ1) is 14.2. The Kier molecular flexibility index (Phi) is 6.15. The van der Waals surface area contributed by atoms with Crippen molar-refractivity contribution < 1.29 is 9.53 Å². The van der Waals surface area contributed by atoms with Crippen LogP contribution in [0.25, 0.3) is 0 Å². The van der Waals surface area contributed by atoms with Crippen molar-refractivity contribution >= 4 is 17.5 Å². The Hall–Kier alpha value is -2.79. The molecule has 5 nitrogen and oxygen atoms in total. The number of likely N-dealkylation sites (tertiary alicyclic amines) is 1. The monoisotopic (exact) mass is 409 g/mol. The van der Waals surface area contributed by atoms with E-state index in [2.05, 4.69) is 22.3 Å². The Bertz CT molecular complexity index is 940. The Labute approximate surface area is 175 Å². The molecule has 1 aliphatic heterocycles. The van der Waals surface area contributed by atoms with Gasteiger partial charge >= 0.3 is 0 Å². The molecule has 1 saturated heterocycles. The number of nitrogens with zero attached hydrogens (tertiary/aromatic N) is 2. The van der Waals surface area contributed by atoms with Crippen LogP contribution >= 0.6 is 11.6 Å². The molecular formula is C23H24ClN3O2. The van der Waals surface area contributed by atoms with Gasteiger partial charge in [0.2, 0.25) is 5.91 Å². The highest BCUT2D eigenvalue weighted by Gasteiger charge is 2.28. The van der Waals surface area contributed by atoms with Gasteiger partial charge in [0.05, 0.1) is 11.4 Å². The summed E-state index contributed by atoms with van der Waals surface area (Å²) in [6.07, 6.45) is 2.28. The molecule has 2 aromatic carbocycles. The van der Waals surface area contributed by atoms with Crippen LogP contribution in [0.15, 0.2) is 60.7 Å². The van der Waals surface area contributed by atoms with Crippen molar-refractivity contribution in [1.29, 1.82) is 0 Å². The summed E-state index contributed by atoms with van der Waals surface area (Å²) in [7, 11) is 0. The Balaban J connectivity index is 1.26. The fraction of sp³-hybridized carbons (Fsp3) is 0.304. The van der Waals surface area contributed by atoms with Gasteiger partial charge in [0.25, 0.3) is 0 Å². The molecule has 150 valence electrons. The molecule has 0 radical (unpaired) electrons. The van der Waals surface area contributed by atoms with Gasteiger partial charge in [-0.3, -0.25) is 9.89 Å². The lowest BCUT2D eigenvalue weighted by Crippen LogP contribution is -2.28. The normalized spacial score (nSPS) is 16.2. The minimum Gasteiger partial charge on any atom is -0.487 e. The van der Waals surface area contributed by atoms with Gasteiger partial charge in [-0.05, 0) is 48.7 Å². The Morgan fingerprint density at radius 1 is 1.17 bits per heavy atom. The summed E-state index contributed by atoms with van der Waals surface area (Å²) in [5.74, 6) is 1.26. The van der Waals surface area contributed by atoms with Crippen molar-refractivity contribution in [3.8, 4) is 5.75 Å². The zero-order valence-corrected chi connectivity index (χ0v) is 16.9. The van der Waals surface area contributed by atoms with Crippen molar-refractivity contribution in [2.24, 2.45) is 0 Å². The van der Waals surface area contributed by atoms with Crippen molar-refractivity contribution in [1.82, 2.24) is 15.1 Å². The minimum atomic E-state index is 0.221. The highest BCUT2D eigenvalue weighted by atomic mass is 35.5. The number of aromatic nitrogens is 2. The molecule has 0 aliphatic carbocycles. The van der Waals surface area contributed by atoms with E-state index in [0.717, 1.165) is 43.1 Å². The standard InChI is InChI=1S/C23H24ClN3O2/c24-19-7-9-21(10-8-19)29-16-20-14-22(26-25-20)18-12-13-27(15-18)23(28)11-6-17-4-2-1-3-5-17/h1-5,7-10,14,18H,6,11-13,15-16H2,(H,25,26)/t18-/m0/s1. The van der Waals surface area contributed by atoms with Gasteiger partial charge in [-0.15, -0.1) is 0 Å². The molecule has 0 spiro atoms. The van der Waals surface area contributed by atoms with Gasteiger partial charge in [-0.1, -0.05) is 41.9 Å². The SMILES string of the molecule is O=C(CCc1ccccc1)N1CC[C@H](c2cc(COc3ccc(Cl)cc3)[nH]n2)C1. The lowest BCUT2D eigenvalue weighted by molar-refractivity contribution is -0.130. The van der Waals surface area contributed by atoms with Crippen LogP contribution < -0.4 is 4.74 Å². The molecule has 1 N–H and O–H groups in total. The minimum absolute atomic E-state index is 0.221. The van der Waals surface area contributed by atoms with Gasteiger partial charge in [-0.25, -0.2) is 0 Å². The number of hydrogen-bond acceptors (Lipinski definition) is 3. The van der Waals surface area contributed by atoms with E-state index in [1.165, 1.54) is 5.56 Å². The molecule has 0 unspecified atom stereocenters. The summed E-state index contributed by atoms with van der Waals surface area (Å²) < 4.78 is 5.76. The maximum atomic E-state index is 12.6. The summed E-state index contributed by atoms with van der Waals surface area (Å²) in [4.78, 5) is 14.5. The third kappa shape index (κ3) is 5.18. The number of aromatic amines is 1. The molecule has 1 fully saturated rings. The van der Waals surface area contributed by atoms with Crippen LogP contribution in [-0.4, -0.2) is 34.1 Å². The topological polar surface area (TPSA) is 58.2 Å². The molecule has 1 aromatic heterocycles. The fourth-order valence-corrected chi connectivity index (χ4v) is 3.76. The van der Waals surface area contributed by atoms with E-state index in [1.54, 1.807) is 12.1 Å². The molecule has 6 heteroatoms. The van der Waals surface area contributed by atoms with E-state index in [4.69, 9.17) is 16.3 Å². The second-order valence-electron chi connectivity index (χ2n) is 7.37. The molecular weight excluding hydrogens is 386 g/mol. The predicted octanol–water partition coefficient (Wildman–Crippen LogP) is 4.59. The van der Waals surface area contributed by atoms with Crippen LogP contribution in [-0.2, 0) is 17.8 Å². The van der Waals surface area contributed by atoms with Gasteiger partial charge in [0.15, 0.2) is 0 Å². The fourth-order valence-electron chi connectivity index (χ4n) is 3.64. The summed E-state index contributed by atoms with van der Waals surface area (Å²) >= 11 is 5.89. The highest BCUT2D eigenvalue weighted by Crippen LogP contribution is 2.27. The van der Waals surface area contributed by atoms with Gasteiger partial charge in [-0.2, -0.15) is 5.10 Å². The van der Waals surface area contributed by atoms with Gasteiger partial charge in [0.1, 0.15) is 12.4 Å². The number of carbonyl (C=O) groups excluding carboxylic acids is 1. The molecule has 0 bridgehead atoms. The molecule has 1 atom stereocenters. The number of amides is 1. The van der Waals surface area contributed by atoms with E-state index >= 15 is 0 Å². The summed E-state index contributed by atoms with van der Waals surface area (Å²) in [6, 6.07) is 19.5. The lowest BCUT2D eigenvalue weighted by atomic mass is 10.1. The first kappa shape index (κ1) is 19.5. The van der Waals surface area contributed by atoms with Crippen molar-refractivity contribution in [2.75, 3.05) is 13.1 Å². The third-order valence-corrected chi connectivity index (χ3v) is 5.54. The van der Waals surface area contributed by atoms with Crippen LogP contribution in [0.3, 0.4) is 0 Å². The third-order valence-electron chi connectivity index (χ3n) is 5.29. The summed E-state index contributed by atoms with van der Waals surface area (Å²) in [6.45, 7) is 1.94. The second-order valence-corrected chi connectivity index (χ2v) is 7.81. The van der Waals surface area contributed by atoms with Crippen molar-refractivity contribution in [2.45, 2.75) is 31.8 Å². The molecule has 2 heterocycles. The maximum Gasteiger partial charge on any atom is 0.222 e. The number of ether oxygens (including phenoxy) is 1. The summed E-state index contributed by atoms with van der Waals surface area (Å²) in [5, 5.41) is 8.18. The van der Waals surface area contributed by atoms with E-state index in [-0.39, 0.29) is 11.8 Å². The quantitative estimate of drug-likeness (QED) is 0.620. The number of rotatable bonds is 7. The largest absolute Gasteiger partial charge is 0.487 e. The second kappa shape index (κ2) is 9.14. The number of hydrogen-bond donors (Lipinski definition) is 1. The summed E-state index contributed by atoms with van der Waals surface area (Å²) in [5.41, 5.74) is 3.12. The lowest BCUT2D eigenvalue weighted by Gasteiger charge is -2.16. The van der Waals surface area contributed by atoms with E-state index in [1.807, 2.05) is 41.3 Å². The Morgan fingerprint density at radius 3 is 2.76 bits per heavy atom. The molecule has 0 saturated carbocycles. The number of nitrogens with one attached hydrogen (secondary N) is 1. The van der Waals surface area contributed by atoms with Crippen LogP contribution in [0.2, 0.25) is 5.02 Å². The number of halogens is 1. The van der Waals surface area contributed by atoms with Crippen LogP contribution in [0, 0.1) is 0 Å². The van der Waals surface area contributed by atoms with Gasteiger partial charge < -0.3 is 9.64 Å². The first-order valence-electron chi connectivity index (χ1n) is 9.91. The molecule has 4 rings (SSSR count). The van der Waals surface area contributed by atoms with Crippen LogP contribution in [0.4, 0.5) is 0 Å². The highest BCUT2D eigenvalue weighted by molar-refractivity contribution is 6.30. The zero-order chi connectivity index (χ0) is 20.1. The number of aryl methyl sites for hydroxylation is 1. The van der Waals surface area contributed by atoms with Crippen molar-refractivity contribution in [3.63, 3.8) is 0 Å². The van der Waals surface area contributed by atoms with E-state index in [9.17, 15) is 4.79 Å². The molecule has 29 heavy (non-hydrogen) atoms. The van der Waals surface area contributed by atoms with Crippen molar-refractivity contribution in [3.05, 3.63) is 82.6 Å². The predicted molar refractivity (Wildman–Crippen MR) is 113 cm³/mol. The van der Waals surface area contributed by atoms with E-state index in [0.29, 0.717) is 18.1 Å². The molecule has 1 aliphatic rings. The number of benzene rings is 2. The van der Waals surface area contributed by atoms with Crippen LogP contribution in [0.1, 0.15) is 35.7 Å². The zero-order valence-electron chi connectivity index (χ0n) is 16.2. The van der Waals surface area contributed by atoms with E-state index < -0.39 is 0 Å². The van der Waals surface area contributed by atoms with Crippen LogP contribution in [0.5, 0.6) is 5.75 Å². The first-order valence-corrected chi connectivity index (χ1v) is 10.3.